The maximum absolute atomic E-state index is 12.9. The first-order valence-electron chi connectivity index (χ1n) is 10.4. The molecule has 1 aliphatic heterocycles. The van der Waals surface area contributed by atoms with Crippen LogP contribution in [0.4, 0.5) is 5.82 Å². The second-order valence-corrected chi connectivity index (χ2v) is 8.14. The van der Waals surface area contributed by atoms with Crippen LogP contribution in [0, 0.1) is 5.92 Å². The zero-order valence-corrected chi connectivity index (χ0v) is 17.1. The van der Waals surface area contributed by atoms with Crippen molar-refractivity contribution in [2.24, 2.45) is 5.92 Å². The molecule has 5 rings (SSSR count). The lowest BCUT2D eigenvalue weighted by atomic mass is 10.1. The van der Waals surface area contributed by atoms with Crippen molar-refractivity contribution in [1.82, 2.24) is 14.7 Å². The molecule has 0 radical (unpaired) electrons. The molecule has 7 heteroatoms. The number of aromatic nitrogens is 2. The van der Waals surface area contributed by atoms with Crippen LogP contribution in [0.2, 0.25) is 0 Å². The van der Waals surface area contributed by atoms with Gasteiger partial charge in [0.15, 0.2) is 0 Å². The van der Waals surface area contributed by atoms with Gasteiger partial charge in [0.2, 0.25) is 0 Å². The van der Waals surface area contributed by atoms with E-state index in [0.717, 1.165) is 5.56 Å². The number of nitrogens with zero attached hydrogens (tertiary/aromatic N) is 3. The molecule has 2 aliphatic rings. The summed E-state index contributed by atoms with van der Waals surface area (Å²) < 4.78 is 1.83. The van der Waals surface area contributed by atoms with Crippen LogP contribution in [0.5, 0.6) is 0 Å². The van der Waals surface area contributed by atoms with Gasteiger partial charge < -0.3 is 5.32 Å². The lowest BCUT2D eigenvalue weighted by Crippen LogP contribution is -2.29. The third-order valence-electron chi connectivity index (χ3n) is 6.02. The fourth-order valence-corrected chi connectivity index (χ4v) is 4.05. The molecule has 1 aromatic heterocycles. The maximum Gasteiger partial charge on any atom is 0.261 e. The Kier molecular flexibility index (Phi) is 4.66. The minimum absolute atomic E-state index is 0.201. The first kappa shape index (κ1) is 19.2. The molecule has 0 saturated heterocycles. The summed E-state index contributed by atoms with van der Waals surface area (Å²) in [5, 5.41) is 7.24. The summed E-state index contributed by atoms with van der Waals surface area (Å²) in [6, 6.07) is 16.0. The standard InChI is InChI=1S/C24H22N4O3/c1-15(17-7-8-17)28-21(11-12-25-28)26-22(29)18-9-10-19-20(13-18)24(31)27(23(19)30)14-16-5-3-2-4-6-16/h2-6,9-13,15,17H,7-8,14H2,1H3,(H,26,29). The number of anilines is 1. The van der Waals surface area contributed by atoms with E-state index in [1.807, 2.05) is 35.0 Å². The van der Waals surface area contributed by atoms with Gasteiger partial charge in [0.25, 0.3) is 17.7 Å². The number of hydrogen-bond donors (Lipinski definition) is 1. The number of nitrogens with one attached hydrogen (secondary N) is 1. The molecule has 1 saturated carbocycles. The minimum Gasteiger partial charge on any atom is -0.307 e. The Bertz CT molecular complexity index is 1180. The molecule has 156 valence electrons. The van der Waals surface area contributed by atoms with Crippen molar-refractivity contribution in [3.8, 4) is 0 Å². The van der Waals surface area contributed by atoms with E-state index in [1.54, 1.807) is 24.4 Å². The quantitative estimate of drug-likeness (QED) is 0.620. The van der Waals surface area contributed by atoms with Gasteiger partial charge in [-0.3, -0.25) is 19.3 Å². The number of carbonyl (C=O) groups excluding carboxylic acids is 3. The molecule has 1 N–H and O–H groups in total. The van der Waals surface area contributed by atoms with Crippen LogP contribution in [0.3, 0.4) is 0 Å². The molecule has 2 aromatic carbocycles. The van der Waals surface area contributed by atoms with E-state index in [4.69, 9.17) is 0 Å². The van der Waals surface area contributed by atoms with Crippen molar-refractivity contribution in [1.29, 1.82) is 0 Å². The third-order valence-corrected chi connectivity index (χ3v) is 6.02. The summed E-state index contributed by atoms with van der Waals surface area (Å²) in [5.41, 5.74) is 1.78. The summed E-state index contributed by atoms with van der Waals surface area (Å²) in [6.07, 6.45) is 4.02. The normalized spacial score (nSPS) is 16.4. The highest BCUT2D eigenvalue weighted by molar-refractivity contribution is 6.22. The van der Waals surface area contributed by atoms with Crippen molar-refractivity contribution in [2.75, 3.05) is 5.32 Å². The average Bonchev–Trinajstić information content (AvgIpc) is 3.50. The lowest BCUT2D eigenvalue weighted by Gasteiger charge is -2.15. The predicted octanol–water partition coefficient (Wildman–Crippen LogP) is 3.90. The molecule has 1 fully saturated rings. The van der Waals surface area contributed by atoms with Crippen molar-refractivity contribution >= 4 is 23.5 Å². The Morgan fingerprint density at radius 3 is 2.55 bits per heavy atom. The van der Waals surface area contributed by atoms with Gasteiger partial charge >= 0.3 is 0 Å². The monoisotopic (exact) mass is 414 g/mol. The molecule has 3 amide bonds. The van der Waals surface area contributed by atoms with Crippen LogP contribution in [0.1, 0.15) is 62.4 Å². The van der Waals surface area contributed by atoms with Crippen molar-refractivity contribution in [3.63, 3.8) is 0 Å². The molecule has 7 nitrogen and oxygen atoms in total. The van der Waals surface area contributed by atoms with E-state index in [-0.39, 0.29) is 35.9 Å². The van der Waals surface area contributed by atoms with Gasteiger partial charge in [-0.2, -0.15) is 5.10 Å². The van der Waals surface area contributed by atoms with Gasteiger partial charge in [-0.15, -0.1) is 0 Å². The van der Waals surface area contributed by atoms with E-state index in [1.165, 1.54) is 23.8 Å². The number of rotatable bonds is 6. The number of benzene rings is 2. The van der Waals surface area contributed by atoms with E-state index in [0.29, 0.717) is 22.9 Å². The third kappa shape index (κ3) is 3.52. The van der Waals surface area contributed by atoms with Gasteiger partial charge in [-0.05, 0) is 49.4 Å². The molecular formula is C24H22N4O3. The van der Waals surface area contributed by atoms with Crippen LogP contribution in [-0.2, 0) is 6.54 Å². The van der Waals surface area contributed by atoms with Gasteiger partial charge in [0.05, 0.1) is 29.9 Å². The van der Waals surface area contributed by atoms with E-state index >= 15 is 0 Å². The second kappa shape index (κ2) is 7.50. The zero-order valence-electron chi connectivity index (χ0n) is 17.1. The van der Waals surface area contributed by atoms with E-state index in [2.05, 4.69) is 17.3 Å². The Labute approximate surface area is 179 Å². The Morgan fingerprint density at radius 1 is 1.06 bits per heavy atom. The van der Waals surface area contributed by atoms with Crippen molar-refractivity contribution < 1.29 is 14.4 Å². The summed E-state index contributed by atoms with van der Waals surface area (Å²) in [5.74, 6) is 0.153. The van der Waals surface area contributed by atoms with Crippen LogP contribution in [-0.4, -0.2) is 32.4 Å². The predicted molar refractivity (Wildman–Crippen MR) is 115 cm³/mol. The first-order chi connectivity index (χ1) is 15.0. The fraction of sp³-hybridized carbons (Fsp3) is 0.250. The average molecular weight is 414 g/mol. The number of fused-ring (bicyclic) bond motifs is 1. The summed E-state index contributed by atoms with van der Waals surface area (Å²) in [6.45, 7) is 2.30. The summed E-state index contributed by atoms with van der Waals surface area (Å²) in [7, 11) is 0. The number of hydrogen-bond acceptors (Lipinski definition) is 4. The Morgan fingerprint density at radius 2 is 1.81 bits per heavy atom. The van der Waals surface area contributed by atoms with Crippen LogP contribution >= 0.6 is 0 Å². The van der Waals surface area contributed by atoms with Crippen molar-refractivity contribution in [2.45, 2.75) is 32.4 Å². The number of amides is 3. The number of carbonyl (C=O) groups is 3. The molecule has 0 spiro atoms. The summed E-state index contributed by atoms with van der Waals surface area (Å²) >= 11 is 0. The maximum atomic E-state index is 12.9. The SMILES string of the molecule is CC(C1CC1)n1nccc1NC(=O)c1ccc2c(c1)C(=O)N(Cc1ccccc1)C2=O. The van der Waals surface area contributed by atoms with E-state index in [9.17, 15) is 14.4 Å². The van der Waals surface area contributed by atoms with Gasteiger partial charge in [-0.25, -0.2) is 4.68 Å². The second-order valence-electron chi connectivity index (χ2n) is 8.14. The molecule has 2 heterocycles. The van der Waals surface area contributed by atoms with Crippen LogP contribution < -0.4 is 5.32 Å². The highest BCUT2D eigenvalue weighted by atomic mass is 16.2. The highest BCUT2D eigenvalue weighted by Gasteiger charge is 2.36. The summed E-state index contributed by atoms with van der Waals surface area (Å²) in [4.78, 5) is 39.7. The fourth-order valence-electron chi connectivity index (χ4n) is 4.05. The first-order valence-corrected chi connectivity index (χ1v) is 10.4. The van der Waals surface area contributed by atoms with E-state index < -0.39 is 0 Å². The highest BCUT2D eigenvalue weighted by Crippen LogP contribution is 2.40. The molecule has 1 aliphatic carbocycles. The smallest absolute Gasteiger partial charge is 0.261 e. The van der Waals surface area contributed by atoms with Crippen LogP contribution in [0.25, 0.3) is 0 Å². The molecule has 3 aromatic rings. The largest absolute Gasteiger partial charge is 0.307 e. The minimum atomic E-state index is -0.383. The molecule has 1 unspecified atom stereocenters. The number of imide groups is 1. The Balaban J connectivity index is 1.36. The molecular weight excluding hydrogens is 392 g/mol. The van der Waals surface area contributed by atoms with Crippen LogP contribution in [0.15, 0.2) is 60.8 Å². The molecule has 0 bridgehead atoms. The molecule has 31 heavy (non-hydrogen) atoms. The van der Waals surface area contributed by atoms with Gasteiger partial charge in [0, 0.05) is 11.6 Å². The molecule has 1 atom stereocenters. The lowest BCUT2D eigenvalue weighted by molar-refractivity contribution is 0.0642. The zero-order chi connectivity index (χ0) is 21.5. The Hall–Kier alpha value is -3.74. The topological polar surface area (TPSA) is 84.3 Å². The van der Waals surface area contributed by atoms with Crippen molar-refractivity contribution in [3.05, 3.63) is 83.0 Å². The van der Waals surface area contributed by atoms with Gasteiger partial charge in [-0.1, -0.05) is 30.3 Å². The van der Waals surface area contributed by atoms with Gasteiger partial charge in [0.1, 0.15) is 5.82 Å².